The predicted octanol–water partition coefficient (Wildman–Crippen LogP) is 4.35. The third-order valence-electron chi connectivity index (χ3n) is 4.06. The van der Waals surface area contributed by atoms with Gasteiger partial charge < -0.3 is 18.6 Å². The molecule has 0 aliphatic carbocycles. The molecule has 0 amide bonds. The van der Waals surface area contributed by atoms with Gasteiger partial charge in [-0.2, -0.15) is 0 Å². The maximum atomic E-state index is 11.6. The zero-order chi connectivity index (χ0) is 20.7. The summed E-state index contributed by atoms with van der Waals surface area (Å²) in [7, 11) is 3.01. The van der Waals surface area contributed by atoms with Gasteiger partial charge in [-0.3, -0.25) is 5.26 Å². The van der Waals surface area contributed by atoms with Gasteiger partial charge in [0.1, 0.15) is 12.2 Å². The Kier molecular flexibility index (Phi) is 7.25. The minimum absolute atomic E-state index is 0.273. The predicted molar refractivity (Wildman–Crippen MR) is 106 cm³/mol. The number of methoxy groups -OCH3 is 2. The lowest BCUT2D eigenvalue weighted by Gasteiger charge is -2.15. The number of ether oxygens (including phenoxy) is 3. The average molecular weight is 390 g/mol. The molecule has 0 aliphatic rings. The van der Waals surface area contributed by atoms with Gasteiger partial charge >= 0.3 is 5.63 Å². The molecule has 0 bridgehead atoms. The normalized spacial score (nSPS) is 12.6. The highest BCUT2D eigenvalue weighted by Crippen LogP contribution is 2.43. The Balaban J connectivity index is 2.20. The van der Waals surface area contributed by atoms with E-state index >= 15 is 0 Å². The molecule has 0 unspecified atom stereocenters. The van der Waals surface area contributed by atoms with Crippen LogP contribution in [0.15, 0.2) is 51.2 Å². The second-order valence-corrected chi connectivity index (χ2v) is 6.78. The Morgan fingerprint density at radius 1 is 1.21 bits per heavy atom. The van der Waals surface area contributed by atoms with Crippen molar-refractivity contribution in [2.75, 3.05) is 20.8 Å². The molecule has 1 heterocycles. The van der Waals surface area contributed by atoms with E-state index in [0.29, 0.717) is 34.6 Å². The molecule has 2 rings (SSSR count). The van der Waals surface area contributed by atoms with Crippen LogP contribution < -0.4 is 19.8 Å². The Labute approximate surface area is 163 Å². The molecule has 7 nitrogen and oxygen atoms in total. The highest BCUT2D eigenvalue weighted by Gasteiger charge is 2.18. The monoisotopic (exact) mass is 390 g/mol. The van der Waals surface area contributed by atoms with Crippen molar-refractivity contribution in [3.63, 3.8) is 0 Å². The summed E-state index contributed by atoms with van der Waals surface area (Å²) in [6.07, 6.45) is 6.29. The zero-order valence-electron chi connectivity index (χ0n) is 16.8. The van der Waals surface area contributed by atoms with Gasteiger partial charge in [0.05, 0.1) is 14.2 Å². The topological polar surface area (TPSA) is 87.4 Å². The second-order valence-electron chi connectivity index (χ2n) is 6.78. The van der Waals surface area contributed by atoms with Crippen LogP contribution in [0.25, 0.3) is 11.0 Å². The van der Waals surface area contributed by atoms with Gasteiger partial charge in [-0.05, 0) is 45.4 Å². The summed E-state index contributed by atoms with van der Waals surface area (Å²) in [5.74, 6) is 1.15. The number of rotatable bonds is 9. The van der Waals surface area contributed by atoms with E-state index < -0.39 is 11.2 Å². The van der Waals surface area contributed by atoms with Gasteiger partial charge in [-0.1, -0.05) is 17.7 Å². The largest absolute Gasteiger partial charge is 0.493 e. The smallest absolute Gasteiger partial charge is 0.336 e. The fraction of sp³-hybridized carbons (Fsp3) is 0.381. The van der Waals surface area contributed by atoms with Gasteiger partial charge in [0, 0.05) is 11.5 Å². The van der Waals surface area contributed by atoms with Crippen molar-refractivity contribution in [3.05, 3.63) is 52.4 Å². The fourth-order valence-corrected chi connectivity index (χ4v) is 2.52. The van der Waals surface area contributed by atoms with Crippen LogP contribution in [0.1, 0.15) is 27.2 Å². The summed E-state index contributed by atoms with van der Waals surface area (Å²) in [6.45, 7) is 5.74. The van der Waals surface area contributed by atoms with Crippen molar-refractivity contribution in [2.45, 2.75) is 32.8 Å². The Morgan fingerprint density at radius 3 is 2.61 bits per heavy atom. The third kappa shape index (κ3) is 5.37. The van der Waals surface area contributed by atoms with Crippen LogP contribution in [0.4, 0.5) is 0 Å². The van der Waals surface area contributed by atoms with Crippen LogP contribution in [0.3, 0.4) is 0 Å². The summed E-state index contributed by atoms with van der Waals surface area (Å²) < 4.78 is 22.0. The van der Waals surface area contributed by atoms with Crippen molar-refractivity contribution in [1.82, 2.24) is 0 Å². The van der Waals surface area contributed by atoms with E-state index in [4.69, 9.17) is 23.9 Å². The maximum absolute atomic E-state index is 11.6. The summed E-state index contributed by atoms with van der Waals surface area (Å²) >= 11 is 0. The van der Waals surface area contributed by atoms with Gasteiger partial charge in [0.15, 0.2) is 11.3 Å². The van der Waals surface area contributed by atoms with Crippen molar-refractivity contribution in [3.8, 4) is 17.2 Å². The second kappa shape index (κ2) is 9.43. The first-order chi connectivity index (χ1) is 13.3. The third-order valence-corrected chi connectivity index (χ3v) is 4.06. The first kappa shape index (κ1) is 21.5. The van der Waals surface area contributed by atoms with E-state index in [-0.39, 0.29) is 6.61 Å². The molecule has 152 valence electrons. The molecule has 1 aromatic heterocycles. The van der Waals surface area contributed by atoms with Crippen LogP contribution in [0.2, 0.25) is 0 Å². The quantitative estimate of drug-likeness (QED) is 0.295. The van der Waals surface area contributed by atoms with Gasteiger partial charge in [-0.15, -0.1) is 0 Å². The molecule has 0 radical (unpaired) electrons. The minimum atomic E-state index is -0.730. The average Bonchev–Trinajstić information content (AvgIpc) is 2.67. The number of allylic oxidation sites excluding steroid dienone is 2. The van der Waals surface area contributed by atoms with Gasteiger partial charge in [0.25, 0.3) is 0 Å². The molecule has 28 heavy (non-hydrogen) atoms. The highest BCUT2D eigenvalue weighted by atomic mass is 17.1. The van der Waals surface area contributed by atoms with Crippen LogP contribution in [0.5, 0.6) is 17.2 Å². The van der Waals surface area contributed by atoms with Gasteiger partial charge in [-0.25, -0.2) is 9.68 Å². The molecule has 0 saturated carbocycles. The molecule has 0 fully saturated rings. The summed E-state index contributed by atoms with van der Waals surface area (Å²) in [6, 6.07) is 4.71. The number of hydrogen-bond acceptors (Lipinski definition) is 7. The molecule has 1 aromatic carbocycles. The van der Waals surface area contributed by atoms with Crippen molar-refractivity contribution in [2.24, 2.45) is 0 Å². The Morgan fingerprint density at radius 2 is 1.96 bits per heavy atom. The van der Waals surface area contributed by atoms with Crippen LogP contribution in [-0.2, 0) is 4.89 Å². The molecule has 0 atom stereocenters. The van der Waals surface area contributed by atoms with E-state index in [9.17, 15) is 4.79 Å². The lowest BCUT2D eigenvalue weighted by atomic mass is 10.1. The van der Waals surface area contributed by atoms with Gasteiger partial charge in [0.2, 0.25) is 11.5 Å². The van der Waals surface area contributed by atoms with E-state index in [2.05, 4.69) is 4.89 Å². The molecule has 7 heteroatoms. The van der Waals surface area contributed by atoms with Crippen LogP contribution in [-0.4, -0.2) is 31.7 Å². The standard InChI is InChI=1S/C21H26O7/c1-14(7-6-11-21(2,3)28-23)10-12-26-19-16(24-4)13-15-8-9-17(22)27-18(15)20(19)25-5/h6,8-11,13,23H,7,12H2,1-5H3/b11-6+,14-10+. The molecular formula is C21H26O7. The number of hydrogen-bond donors (Lipinski definition) is 1. The lowest BCUT2D eigenvalue weighted by molar-refractivity contribution is -0.297. The Bertz CT molecular complexity index is 922. The molecule has 0 aliphatic heterocycles. The summed E-state index contributed by atoms with van der Waals surface area (Å²) in [5.41, 5.74) is 0.169. The summed E-state index contributed by atoms with van der Waals surface area (Å²) in [5, 5.41) is 9.45. The van der Waals surface area contributed by atoms with E-state index in [1.165, 1.54) is 20.3 Å². The Hall–Kier alpha value is -2.77. The number of benzene rings is 1. The summed E-state index contributed by atoms with van der Waals surface area (Å²) in [4.78, 5) is 15.9. The molecule has 1 N–H and O–H groups in total. The molecule has 2 aromatic rings. The zero-order valence-corrected chi connectivity index (χ0v) is 16.8. The number of fused-ring (bicyclic) bond motifs is 1. The van der Waals surface area contributed by atoms with Crippen LogP contribution in [0, 0.1) is 0 Å². The van der Waals surface area contributed by atoms with Crippen molar-refractivity contribution >= 4 is 11.0 Å². The minimum Gasteiger partial charge on any atom is -0.493 e. The SMILES string of the molecule is COc1cc2ccc(=O)oc2c(OC)c1OC/C=C(\C)C/C=C/C(C)(C)OO. The molecule has 0 spiro atoms. The lowest BCUT2D eigenvalue weighted by Crippen LogP contribution is -2.18. The molecular weight excluding hydrogens is 364 g/mol. The maximum Gasteiger partial charge on any atom is 0.336 e. The van der Waals surface area contributed by atoms with Crippen molar-refractivity contribution < 1.29 is 28.8 Å². The van der Waals surface area contributed by atoms with Crippen molar-refractivity contribution in [1.29, 1.82) is 0 Å². The van der Waals surface area contributed by atoms with E-state index in [0.717, 1.165) is 5.57 Å². The highest BCUT2D eigenvalue weighted by molar-refractivity contribution is 5.88. The first-order valence-electron chi connectivity index (χ1n) is 8.79. The van der Waals surface area contributed by atoms with E-state index in [1.807, 2.05) is 19.1 Å². The fourth-order valence-electron chi connectivity index (χ4n) is 2.52. The first-order valence-corrected chi connectivity index (χ1v) is 8.79. The molecule has 0 saturated heterocycles. The van der Waals surface area contributed by atoms with E-state index in [1.54, 1.807) is 32.1 Å². The van der Waals surface area contributed by atoms with Crippen LogP contribution >= 0.6 is 0 Å².